The second-order valence-corrected chi connectivity index (χ2v) is 6.88. The van der Waals surface area contributed by atoms with Crippen LogP contribution in [0.4, 0.5) is 0 Å². The highest BCUT2D eigenvalue weighted by atomic mass is 16.7. The summed E-state index contributed by atoms with van der Waals surface area (Å²) in [6, 6.07) is 13.2. The van der Waals surface area contributed by atoms with Gasteiger partial charge in [-0.1, -0.05) is 23.4 Å². The second kappa shape index (κ2) is 8.26. The van der Waals surface area contributed by atoms with Gasteiger partial charge in [0.05, 0.1) is 17.7 Å². The monoisotopic (exact) mass is 394 g/mol. The summed E-state index contributed by atoms with van der Waals surface area (Å²) in [6.07, 6.45) is 0.300. The zero-order chi connectivity index (χ0) is 20.2. The molecule has 1 N–H and O–H groups in total. The van der Waals surface area contributed by atoms with Gasteiger partial charge in [-0.2, -0.15) is 0 Å². The first-order valence-electron chi connectivity index (χ1n) is 9.37. The van der Waals surface area contributed by atoms with Crippen molar-refractivity contribution in [1.82, 2.24) is 10.5 Å². The van der Waals surface area contributed by atoms with Crippen LogP contribution < -0.4 is 19.5 Å². The maximum absolute atomic E-state index is 12.2. The van der Waals surface area contributed by atoms with Crippen LogP contribution in [0.3, 0.4) is 0 Å². The Labute approximate surface area is 168 Å². The second-order valence-electron chi connectivity index (χ2n) is 6.88. The lowest BCUT2D eigenvalue weighted by atomic mass is 10.1. The summed E-state index contributed by atoms with van der Waals surface area (Å²) in [5.41, 5.74) is 3.67. The van der Waals surface area contributed by atoms with Crippen LogP contribution in [0.2, 0.25) is 0 Å². The predicted molar refractivity (Wildman–Crippen MR) is 105 cm³/mol. The summed E-state index contributed by atoms with van der Waals surface area (Å²) < 4.78 is 21.6. The zero-order valence-electron chi connectivity index (χ0n) is 16.4. The fraction of sp³-hybridized carbons (Fsp3) is 0.273. The summed E-state index contributed by atoms with van der Waals surface area (Å²) in [5, 5.41) is 6.84. The van der Waals surface area contributed by atoms with Crippen LogP contribution in [-0.4, -0.2) is 17.9 Å². The SMILES string of the molecule is Cc1noc(C)c1COc1ccc(CC(=O)NCc2ccc3c(c2)OCO3)cc1. The average Bonchev–Trinajstić information content (AvgIpc) is 3.32. The summed E-state index contributed by atoms with van der Waals surface area (Å²) in [6.45, 7) is 4.83. The first-order chi connectivity index (χ1) is 14.1. The van der Waals surface area contributed by atoms with Crippen LogP contribution in [-0.2, 0) is 24.4 Å². The van der Waals surface area contributed by atoms with E-state index >= 15 is 0 Å². The van der Waals surface area contributed by atoms with E-state index < -0.39 is 0 Å². The number of fused-ring (bicyclic) bond motifs is 1. The molecule has 0 radical (unpaired) electrons. The van der Waals surface area contributed by atoms with E-state index in [4.69, 9.17) is 18.7 Å². The maximum Gasteiger partial charge on any atom is 0.231 e. The molecule has 0 saturated heterocycles. The molecule has 7 heteroatoms. The molecule has 0 spiro atoms. The van der Waals surface area contributed by atoms with Crippen molar-refractivity contribution >= 4 is 5.91 Å². The molecular formula is C22H22N2O5. The fourth-order valence-corrected chi connectivity index (χ4v) is 3.07. The van der Waals surface area contributed by atoms with Crippen molar-refractivity contribution in [3.63, 3.8) is 0 Å². The maximum atomic E-state index is 12.2. The fourth-order valence-electron chi connectivity index (χ4n) is 3.07. The molecule has 0 saturated carbocycles. The number of amides is 1. The van der Waals surface area contributed by atoms with Gasteiger partial charge in [-0.15, -0.1) is 0 Å². The lowest BCUT2D eigenvalue weighted by molar-refractivity contribution is -0.120. The van der Waals surface area contributed by atoms with Crippen molar-refractivity contribution in [2.45, 2.75) is 33.4 Å². The Morgan fingerprint density at radius 2 is 1.83 bits per heavy atom. The summed E-state index contributed by atoms with van der Waals surface area (Å²) in [7, 11) is 0. The normalized spacial score (nSPS) is 12.1. The number of ether oxygens (including phenoxy) is 3. The summed E-state index contributed by atoms with van der Waals surface area (Å²) >= 11 is 0. The molecular weight excluding hydrogens is 372 g/mol. The summed E-state index contributed by atoms with van der Waals surface area (Å²) in [4.78, 5) is 12.2. The van der Waals surface area contributed by atoms with Crippen molar-refractivity contribution in [3.8, 4) is 17.2 Å². The lowest BCUT2D eigenvalue weighted by Gasteiger charge is -2.08. The van der Waals surface area contributed by atoms with E-state index in [0.29, 0.717) is 25.3 Å². The molecule has 4 rings (SSSR count). The number of aromatic nitrogens is 1. The lowest BCUT2D eigenvalue weighted by Crippen LogP contribution is -2.24. The zero-order valence-corrected chi connectivity index (χ0v) is 16.4. The number of aryl methyl sites for hydroxylation is 2. The minimum atomic E-state index is -0.0490. The molecule has 1 aliphatic heterocycles. The third kappa shape index (κ3) is 4.51. The highest BCUT2D eigenvalue weighted by molar-refractivity contribution is 5.78. The Kier molecular flexibility index (Phi) is 5.37. The first-order valence-corrected chi connectivity index (χ1v) is 9.37. The highest BCUT2D eigenvalue weighted by Gasteiger charge is 2.13. The van der Waals surface area contributed by atoms with Gasteiger partial charge in [0.15, 0.2) is 11.5 Å². The number of nitrogens with one attached hydrogen (secondary N) is 1. The molecule has 2 heterocycles. The average molecular weight is 394 g/mol. The molecule has 0 atom stereocenters. The van der Waals surface area contributed by atoms with Crippen LogP contribution in [0.15, 0.2) is 47.0 Å². The number of benzene rings is 2. The molecule has 0 unspecified atom stereocenters. The van der Waals surface area contributed by atoms with Gasteiger partial charge in [-0.05, 0) is 49.2 Å². The van der Waals surface area contributed by atoms with E-state index in [-0.39, 0.29) is 12.7 Å². The topological polar surface area (TPSA) is 82.8 Å². The van der Waals surface area contributed by atoms with E-state index in [1.54, 1.807) is 0 Å². The number of hydrogen-bond donors (Lipinski definition) is 1. The quantitative estimate of drug-likeness (QED) is 0.661. The first kappa shape index (κ1) is 18.9. The van der Waals surface area contributed by atoms with Crippen molar-refractivity contribution < 1.29 is 23.5 Å². The van der Waals surface area contributed by atoms with Crippen LogP contribution in [0.5, 0.6) is 17.2 Å². The van der Waals surface area contributed by atoms with Crippen molar-refractivity contribution in [2.75, 3.05) is 6.79 Å². The standard InChI is InChI=1S/C22H22N2O5/c1-14-19(15(2)29-24-14)12-26-18-6-3-16(4-7-18)10-22(25)23-11-17-5-8-20-21(9-17)28-13-27-20/h3-9H,10-13H2,1-2H3,(H,23,25). The molecule has 150 valence electrons. The van der Waals surface area contributed by atoms with Crippen LogP contribution in [0, 0.1) is 13.8 Å². The Morgan fingerprint density at radius 3 is 2.59 bits per heavy atom. The molecule has 7 nitrogen and oxygen atoms in total. The third-order valence-corrected chi connectivity index (χ3v) is 4.78. The number of rotatable bonds is 7. The molecule has 2 aromatic carbocycles. The van der Waals surface area contributed by atoms with Gasteiger partial charge in [-0.3, -0.25) is 4.79 Å². The van der Waals surface area contributed by atoms with E-state index in [2.05, 4.69) is 10.5 Å². The van der Waals surface area contributed by atoms with Gasteiger partial charge in [0.2, 0.25) is 12.7 Å². The van der Waals surface area contributed by atoms with E-state index in [0.717, 1.165) is 39.6 Å². The van der Waals surface area contributed by atoms with Gasteiger partial charge < -0.3 is 24.1 Å². The molecule has 0 fully saturated rings. The Balaban J connectivity index is 1.26. The smallest absolute Gasteiger partial charge is 0.231 e. The van der Waals surface area contributed by atoms with E-state index in [9.17, 15) is 4.79 Å². The van der Waals surface area contributed by atoms with Gasteiger partial charge in [-0.25, -0.2) is 0 Å². The number of nitrogens with zero attached hydrogens (tertiary/aromatic N) is 1. The molecule has 1 aromatic heterocycles. The van der Waals surface area contributed by atoms with E-state index in [1.807, 2.05) is 56.3 Å². The summed E-state index contributed by atoms with van der Waals surface area (Å²) in [5.74, 6) is 2.89. The predicted octanol–water partition coefficient (Wildman–Crippen LogP) is 3.46. The van der Waals surface area contributed by atoms with E-state index in [1.165, 1.54) is 0 Å². The number of hydrogen-bond acceptors (Lipinski definition) is 6. The Hall–Kier alpha value is -3.48. The van der Waals surface area contributed by atoms with Crippen LogP contribution in [0.25, 0.3) is 0 Å². The van der Waals surface area contributed by atoms with Crippen LogP contribution >= 0.6 is 0 Å². The van der Waals surface area contributed by atoms with Gasteiger partial charge in [0.1, 0.15) is 18.1 Å². The van der Waals surface area contributed by atoms with Crippen molar-refractivity contribution in [2.24, 2.45) is 0 Å². The van der Waals surface area contributed by atoms with Crippen LogP contribution in [0.1, 0.15) is 28.1 Å². The largest absolute Gasteiger partial charge is 0.489 e. The Morgan fingerprint density at radius 1 is 1.07 bits per heavy atom. The number of carbonyl (C=O) groups excluding carboxylic acids is 1. The highest BCUT2D eigenvalue weighted by Crippen LogP contribution is 2.32. The van der Waals surface area contributed by atoms with Crippen molar-refractivity contribution in [3.05, 3.63) is 70.6 Å². The van der Waals surface area contributed by atoms with Gasteiger partial charge >= 0.3 is 0 Å². The molecule has 1 amide bonds. The molecule has 1 aliphatic rings. The Bertz CT molecular complexity index is 991. The van der Waals surface area contributed by atoms with Gasteiger partial charge in [0, 0.05) is 6.54 Å². The third-order valence-electron chi connectivity index (χ3n) is 4.78. The van der Waals surface area contributed by atoms with Gasteiger partial charge in [0.25, 0.3) is 0 Å². The van der Waals surface area contributed by atoms with Crippen molar-refractivity contribution in [1.29, 1.82) is 0 Å². The molecule has 0 aliphatic carbocycles. The minimum Gasteiger partial charge on any atom is -0.489 e. The number of carbonyl (C=O) groups is 1. The minimum absolute atomic E-state index is 0.0490. The molecule has 0 bridgehead atoms. The molecule has 3 aromatic rings. The molecule has 29 heavy (non-hydrogen) atoms.